The molecular formula is C31H44B2N2O10. The zero-order valence-corrected chi connectivity index (χ0v) is 27.3. The average Bonchev–Trinajstić information content (AvgIpc) is 3.37. The predicted molar refractivity (Wildman–Crippen MR) is 169 cm³/mol. The molecule has 2 unspecified atom stereocenters. The molecule has 0 spiro atoms. The lowest BCUT2D eigenvalue weighted by Gasteiger charge is -2.25. The molecule has 0 aliphatic carbocycles. The second-order valence-corrected chi connectivity index (χ2v) is 13.4. The molecule has 0 bridgehead atoms. The van der Waals surface area contributed by atoms with Crippen LogP contribution < -0.4 is 31.4 Å². The summed E-state index contributed by atoms with van der Waals surface area (Å²) in [6.07, 6.45) is -0.848. The number of carboxylic acids is 1. The summed E-state index contributed by atoms with van der Waals surface area (Å²) in [4.78, 5) is 20.9. The minimum absolute atomic E-state index is 0.0903. The summed E-state index contributed by atoms with van der Waals surface area (Å²) >= 11 is 0. The second-order valence-electron chi connectivity index (χ2n) is 13.4. The topological polar surface area (TPSA) is 157 Å². The first kappa shape index (κ1) is 34.6. The van der Waals surface area contributed by atoms with Crippen LogP contribution in [0.25, 0.3) is 0 Å². The Morgan fingerprint density at radius 2 is 1.36 bits per heavy atom. The van der Waals surface area contributed by atoms with Gasteiger partial charge in [0.15, 0.2) is 0 Å². The number of hydrogen-bond donors (Lipinski definition) is 3. The molecule has 4 N–H and O–H groups in total. The van der Waals surface area contributed by atoms with Gasteiger partial charge in [-0.05, 0) is 71.7 Å². The van der Waals surface area contributed by atoms with E-state index in [1.165, 1.54) is 0 Å². The van der Waals surface area contributed by atoms with Gasteiger partial charge in [-0.15, -0.1) is 0 Å². The van der Waals surface area contributed by atoms with E-state index in [4.69, 9.17) is 48.5 Å². The van der Waals surface area contributed by atoms with E-state index in [0.717, 1.165) is 40.5 Å². The van der Waals surface area contributed by atoms with Crippen molar-refractivity contribution in [3.8, 4) is 11.5 Å². The number of ether oxygens (including phenoxy) is 3. The van der Waals surface area contributed by atoms with Crippen molar-refractivity contribution in [1.29, 1.82) is 0 Å². The molecule has 45 heavy (non-hydrogen) atoms. The third-order valence-electron chi connectivity index (χ3n) is 6.99. The summed E-state index contributed by atoms with van der Waals surface area (Å²) < 4.78 is 40.8. The van der Waals surface area contributed by atoms with Crippen molar-refractivity contribution in [3.63, 3.8) is 0 Å². The van der Waals surface area contributed by atoms with Gasteiger partial charge in [-0.2, -0.15) is 0 Å². The maximum atomic E-state index is 11.9. The van der Waals surface area contributed by atoms with E-state index in [2.05, 4.69) is 5.32 Å². The Kier molecular flexibility index (Phi) is 10.4. The summed E-state index contributed by atoms with van der Waals surface area (Å²) in [6, 6.07) is 11.8. The number of hydrogen-bond acceptors (Lipinski definition) is 10. The van der Waals surface area contributed by atoms with E-state index in [0.29, 0.717) is 26.3 Å². The van der Waals surface area contributed by atoms with Crippen LogP contribution in [0.5, 0.6) is 11.5 Å². The molecule has 4 aliphatic rings. The Balaban J connectivity index is 0.000000191. The van der Waals surface area contributed by atoms with Gasteiger partial charge in [0.2, 0.25) is 0 Å². The fraction of sp³-hybridized carbons (Fsp3) is 0.548. The predicted octanol–water partition coefficient (Wildman–Crippen LogP) is 2.86. The standard InChI is InChI=1S/C17H24BNO5.C12H16BNO3.C2H4O2/c1-16(2,3)22-15(20)19-9-13-11-7-6-8-12-14(11)18(23-13)24-17(4,5)10-21-12;1-12(2)7-15-9-5-3-4-8-10(6-14)16-13(17-12)11(8)9;1-2(3)4/h6-8,13H,9-10H2,1-5H3,(H,19,20);3-5,10H,6-7,14H2,1-2H3;1H3,(H,3,4). The number of carboxylic acid groups (broad SMARTS) is 1. The van der Waals surface area contributed by atoms with Gasteiger partial charge in [0.25, 0.3) is 5.97 Å². The molecule has 6 rings (SSSR count). The number of benzene rings is 2. The van der Waals surface area contributed by atoms with Crippen LogP contribution in [0.4, 0.5) is 4.79 Å². The number of carbonyl (C=O) groups is 2. The molecule has 1 amide bonds. The van der Waals surface area contributed by atoms with Crippen LogP contribution in [-0.2, 0) is 28.1 Å². The number of amides is 1. The second kappa shape index (κ2) is 13.6. The monoisotopic (exact) mass is 626 g/mol. The van der Waals surface area contributed by atoms with Crippen molar-refractivity contribution in [2.24, 2.45) is 5.73 Å². The molecule has 2 aromatic carbocycles. The number of alkyl carbamates (subject to hydrolysis) is 1. The number of nitrogens with two attached hydrogens (primary N) is 1. The summed E-state index contributed by atoms with van der Waals surface area (Å²) in [5, 5.41) is 10.2. The van der Waals surface area contributed by atoms with E-state index in [9.17, 15) is 4.79 Å². The highest BCUT2D eigenvalue weighted by molar-refractivity contribution is 6.64. The van der Waals surface area contributed by atoms with Crippen molar-refractivity contribution in [3.05, 3.63) is 47.5 Å². The Bertz CT molecular complexity index is 1380. The summed E-state index contributed by atoms with van der Waals surface area (Å²) in [5.74, 6) is 0.803. The van der Waals surface area contributed by atoms with Gasteiger partial charge in [0.05, 0.1) is 23.4 Å². The van der Waals surface area contributed by atoms with E-state index >= 15 is 0 Å². The maximum Gasteiger partial charge on any atom is 0.499 e. The smallest absolute Gasteiger partial charge is 0.491 e. The van der Waals surface area contributed by atoms with E-state index in [1.54, 1.807) is 0 Å². The van der Waals surface area contributed by atoms with Crippen LogP contribution in [0, 0.1) is 0 Å². The molecular weight excluding hydrogens is 582 g/mol. The highest BCUT2D eigenvalue weighted by atomic mass is 16.6. The largest absolute Gasteiger partial charge is 0.499 e. The molecule has 12 nitrogen and oxygen atoms in total. The average molecular weight is 626 g/mol. The quantitative estimate of drug-likeness (QED) is 0.431. The number of rotatable bonds is 3. The van der Waals surface area contributed by atoms with E-state index < -0.39 is 30.4 Å². The third-order valence-corrected chi connectivity index (χ3v) is 6.99. The Morgan fingerprint density at radius 3 is 1.80 bits per heavy atom. The fourth-order valence-electron chi connectivity index (χ4n) is 5.18. The zero-order valence-electron chi connectivity index (χ0n) is 27.3. The van der Waals surface area contributed by atoms with Crippen LogP contribution in [0.15, 0.2) is 36.4 Å². The first-order valence-corrected chi connectivity index (χ1v) is 15.0. The maximum absolute atomic E-state index is 11.9. The van der Waals surface area contributed by atoms with E-state index in [-0.39, 0.29) is 24.9 Å². The van der Waals surface area contributed by atoms with Crippen molar-refractivity contribution in [1.82, 2.24) is 5.32 Å². The van der Waals surface area contributed by atoms with Gasteiger partial charge < -0.3 is 49.0 Å². The first-order valence-electron chi connectivity index (χ1n) is 15.0. The SMILES string of the molecule is CC(=O)O.CC(C)(C)OC(=O)NCC1OB2OC(C)(C)COc3cccc1c32.CC1(C)COc2cccc3c2B(OC3CN)O1. The first-order chi connectivity index (χ1) is 21.0. The molecule has 0 saturated heterocycles. The van der Waals surface area contributed by atoms with Crippen LogP contribution in [-0.4, -0.2) is 74.5 Å². The third kappa shape index (κ3) is 8.92. The van der Waals surface area contributed by atoms with Crippen LogP contribution >= 0.6 is 0 Å². The van der Waals surface area contributed by atoms with Gasteiger partial charge >= 0.3 is 20.3 Å². The Hall–Kier alpha value is -3.29. The van der Waals surface area contributed by atoms with E-state index in [1.807, 2.05) is 84.9 Å². The van der Waals surface area contributed by atoms with Crippen LogP contribution in [0.3, 0.4) is 0 Å². The minimum Gasteiger partial charge on any atom is -0.491 e. The van der Waals surface area contributed by atoms with Crippen molar-refractivity contribution >= 4 is 37.2 Å². The molecule has 0 fully saturated rings. The highest BCUT2D eigenvalue weighted by Crippen LogP contribution is 2.34. The van der Waals surface area contributed by atoms with Gasteiger partial charge in [-0.1, -0.05) is 24.3 Å². The lowest BCUT2D eigenvalue weighted by Crippen LogP contribution is -2.41. The lowest BCUT2D eigenvalue weighted by molar-refractivity contribution is -0.134. The molecule has 4 heterocycles. The Morgan fingerprint density at radius 1 is 0.911 bits per heavy atom. The molecule has 244 valence electrons. The number of carbonyl (C=O) groups excluding carboxylic acids is 1. The molecule has 2 atom stereocenters. The highest BCUT2D eigenvalue weighted by Gasteiger charge is 2.46. The summed E-state index contributed by atoms with van der Waals surface area (Å²) in [6.45, 7) is 16.3. The molecule has 14 heteroatoms. The van der Waals surface area contributed by atoms with Crippen molar-refractivity contribution in [2.45, 2.75) is 84.4 Å². The van der Waals surface area contributed by atoms with Crippen LogP contribution in [0.1, 0.15) is 78.7 Å². The number of nitrogens with one attached hydrogen (secondary N) is 1. The summed E-state index contributed by atoms with van der Waals surface area (Å²) in [7, 11) is -0.841. The fourth-order valence-corrected chi connectivity index (χ4v) is 5.18. The molecule has 2 aromatic rings. The van der Waals surface area contributed by atoms with Gasteiger partial charge in [0, 0.05) is 30.9 Å². The van der Waals surface area contributed by atoms with Gasteiger partial charge in [-0.3, -0.25) is 4.79 Å². The molecule has 0 saturated carbocycles. The zero-order chi connectivity index (χ0) is 33.2. The van der Waals surface area contributed by atoms with Crippen molar-refractivity contribution < 1.29 is 47.5 Å². The molecule has 4 aliphatic heterocycles. The molecule has 0 radical (unpaired) electrons. The van der Waals surface area contributed by atoms with Crippen LogP contribution in [0.2, 0.25) is 0 Å². The van der Waals surface area contributed by atoms with Gasteiger partial charge in [-0.25, -0.2) is 4.79 Å². The minimum atomic E-state index is -0.833. The normalized spacial score (nSPS) is 21.5. The number of aliphatic carboxylic acids is 1. The lowest BCUT2D eigenvalue weighted by atomic mass is 9.77. The molecule has 0 aromatic heterocycles. The summed E-state index contributed by atoms with van der Waals surface area (Å²) in [5.41, 5.74) is 8.38. The van der Waals surface area contributed by atoms with Gasteiger partial charge in [0.1, 0.15) is 30.3 Å². The Labute approximate surface area is 265 Å². The van der Waals surface area contributed by atoms with Crippen molar-refractivity contribution in [2.75, 3.05) is 26.3 Å².